The van der Waals surface area contributed by atoms with Gasteiger partial charge in [-0.05, 0) is 61.1 Å². The summed E-state index contributed by atoms with van der Waals surface area (Å²) in [6, 6.07) is 18.0. The van der Waals surface area contributed by atoms with Crippen LogP contribution < -0.4 is 0 Å². The number of rotatable bonds is 10. The minimum atomic E-state index is -1.18. The largest absolute Gasteiger partial charge is 0.512 e. The number of aromatic nitrogens is 1. The molecule has 45 heavy (non-hydrogen) atoms. The molecule has 1 N–H and O–H groups in total. The number of hydrogen-bond acceptors (Lipinski definition) is 4. The molecule has 0 aliphatic rings. The number of allylic oxidation sites excluding steroid dienone is 2. The van der Waals surface area contributed by atoms with Gasteiger partial charge in [-0.15, -0.1) is 40.5 Å². The molecule has 0 unspecified atom stereocenters. The first-order valence-corrected chi connectivity index (χ1v) is 20.9. The Morgan fingerprint density at radius 1 is 0.978 bits per heavy atom. The Hall–Kier alpha value is -2.11. The molecule has 0 bridgehead atoms. The topological polar surface area (TPSA) is 50.2 Å². The smallest absolute Gasteiger partial charge is 0.162 e. The third kappa shape index (κ3) is 9.94. The van der Waals surface area contributed by atoms with Crippen LogP contribution in [-0.2, 0) is 36.4 Å². The van der Waals surface area contributed by atoms with E-state index in [1.807, 2.05) is 45.2 Å². The third-order valence-corrected chi connectivity index (χ3v) is 11.5. The maximum Gasteiger partial charge on any atom is 0.162 e. The summed E-state index contributed by atoms with van der Waals surface area (Å²) >= 11 is 1.94. The molecule has 0 spiro atoms. The van der Waals surface area contributed by atoms with Crippen molar-refractivity contribution in [2.75, 3.05) is 0 Å². The van der Waals surface area contributed by atoms with Crippen molar-refractivity contribution >= 4 is 46.1 Å². The predicted molar refractivity (Wildman–Crippen MR) is 196 cm³/mol. The molecule has 247 valence electrons. The van der Waals surface area contributed by atoms with Crippen LogP contribution in [0.4, 0.5) is 0 Å². The van der Waals surface area contributed by atoms with Gasteiger partial charge in [0.15, 0.2) is 5.78 Å². The summed E-state index contributed by atoms with van der Waals surface area (Å²) in [6.07, 6.45) is 6.87. The van der Waals surface area contributed by atoms with Crippen LogP contribution >= 0.6 is 11.3 Å². The fraction of sp³-hybridized carbons (Fsp3) is 0.487. The van der Waals surface area contributed by atoms with E-state index in [1.165, 1.54) is 49.0 Å². The zero-order chi connectivity index (χ0) is 32.8. The van der Waals surface area contributed by atoms with Gasteiger partial charge in [0, 0.05) is 67.6 Å². The van der Waals surface area contributed by atoms with Crippen LogP contribution in [0.2, 0.25) is 19.6 Å². The van der Waals surface area contributed by atoms with E-state index >= 15 is 0 Å². The molecule has 4 rings (SSSR count). The van der Waals surface area contributed by atoms with Crippen molar-refractivity contribution in [1.82, 2.24) is 4.98 Å². The molecule has 6 heteroatoms. The van der Waals surface area contributed by atoms with Crippen molar-refractivity contribution in [2.24, 2.45) is 11.8 Å². The molecule has 4 aromatic rings. The number of benzene rings is 2. The Morgan fingerprint density at radius 3 is 2.13 bits per heavy atom. The van der Waals surface area contributed by atoms with Crippen LogP contribution in [0.3, 0.4) is 0 Å². The number of aryl methyl sites for hydroxylation is 1. The monoisotopic (exact) mass is 821 g/mol. The van der Waals surface area contributed by atoms with E-state index in [0.717, 1.165) is 36.9 Å². The second-order valence-corrected chi connectivity index (χ2v) is 20.9. The average Bonchev–Trinajstić information content (AvgIpc) is 3.27. The van der Waals surface area contributed by atoms with E-state index in [-0.39, 0.29) is 48.9 Å². The van der Waals surface area contributed by atoms with Crippen molar-refractivity contribution in [3.05, 3.63) is 76.5 Å². The minimum absolute atomic E-state index is 0. The molecular formula is C39H54IrNO2SSi-. The number of hydrogen-bond donors (Lipinski definition) is 1. The Labute approximate surface area is 291 Å². The van der Waals surface area contributed by atoms with E-state index in [0.29, 0.717) is 0 Å². The molecule has 2 heterocycles. The van der Waals surface area contributed by atoms with Gasteiger partial charge in [-0.25, -0.2) is 0 Å². The number of thiophene rings is 1. The number of pyridine rings is 1. The van der Waals surface area contributed by atoms with Gasteiger partial charge in [-0.1, -0.05) is 97.3 Å². The second kappa shape index (κ2) is 16.6. The quantitative estimate of drug-likeness (QED) is 0.0750. The number of aliphatic hydroxyl groups excluding tert-OH is 1. The van der Waals surface area contributed by atoms with Gasteiger partial charge in [0.1, 0.15) is 0 Å². The van der Waals surface area contributed by atoms with Crippen molar-refractivity contribution in [3.8, 4) is 11.3 Å². The van der Waals surface area contributed by atoms with Gasteiger partial charge in [-0.3, -0.25) is 9.78 Å². The normalized spacial score (nSPS) is 12.4. The van der Waals surface area contributed by atoms with E-state index in [9.17, 15) is 9.90 Å². The molecule has 0 saturated heterocycles. The third-order valence-electron chi connectivity index (χ3n) is 8.56. The fourth-order valence-corrected chi connectivity index (χ4v) is 9.71. The number of carbonyl (C=O) groups is 1. The van der Waals surface area contributed by atoms with Crippen LogP contribution in [0.25, 0.3) is 32.1 Å². The Kier molecular flexibility index (Phi) is 14.4. The van der Waals surface area contributed by atoms with E-state index in [1.54, 1.807) is 0 Å². The average molecular weight is 821 g/mol. The molecule has 0 fully saturated rings. The van der Waals surface area contributed by atoms with Crippen LogP contribution in [0.1, 0.15) is 90.2 Å². The summed E-state index contributed by atoms with van der Waals surface area (Å²) in [5.41, 5.74) is 5.05. The van der Waals surface area contributed by atoms with Gasteiger partial charge >= 0.3 is 0 Å². The van der Waals surface area contributed by atoms with Crippen LogP contribution in [0.15, 0.2) is 54.4 Å². The van der Waals surface area contributed by atoms with Gasteiger partial charge in [0.25, 0.3) is 0 Å². The van der Waals surface area contributed by atoms with E-state index in [4.69, 9.17) is 4.98 Å². The summed E-state index contributed by atoms with van der Waals surface area (Å²) in [4.78, 5) is 18.1. The van der Waals surface area contributed by atoms with Crippen molar-refractivity contribution in [3.63, 3.8) is 0 Å². The van der Waals surface area contributed by atoms with Crippen LogP contribution in [0, 0.1) is 24.8 Å². The molecule has 2 aromatic carbocycles. The second-order valence-electron chi connectivity index (χ2n) is 14.3. The van der Waals surface area contributed by atoms with E-state index in [2.05, 4.69) is 89.8 Å². The first-order chi connectivity index (χ1) is 20.6. The maximum atomic E-state index is 11.7. The summed E-state index contributed by atoms with van der Waals surface area (Å²) < 4.78 is 1.31. The zero-order valence-corrected chi connectivity index (χ0v) is 33.6. The molecule has 0 aliphatic carbocycles. The molecule has 0 atom stereocenters. The van der Waals surface area contributed by atoms with Gasteiger partial charge in [-0.2, -0.15) is 0 Å². The summed E-state index contributed by atoms with van der Waals surface area (Å²) in [5.74, 6) is 0.547. The first kappa shape index (κ1) is 39.1. The molecule has 3 nitrogen and oxygen atoms in total. The number of nitrogens with zero attached hydrogens (tertiary/aromatic N) is 1. The SMILES string of the molecule is CCC(CC)C(=O)/C=C(\O)C(CC)CC.Cc1c(C[Si](C)(C)C)sc2c(-c3[c-]c4ccccc4c(C(C)(C)C)c3)nccc12.[Ir]. The van der Waals surface area contributed by atoms with Crippen molar-refractivity contribution in [1.29, 1.82) is 0 Å². The fourth-order valence-electron chi connectivity index (χ4n) is 5.80. The molecule has 0 aliphatic heterocycles. The minimum Gasteiger partial charge on any atom is -0.512 e. The Bertz CT molecular complexity index is 1600. The molecular weight excluding hydrogens is 767 g/mol. The predicted octanol–water partition coefficient (Wildman–Crippen LogP) is 11.8. The maximum absolute atomic E-state index is 11.7. The summed E-state index contributed by atoms with van der Waals surface area (Å²) in [5, 5.41) is 13.6. The summed E-state index contributed by atoms with van der Waals surface area (Å²) in [6.45, 7) is 24.6. The Balaban J connectivity index is 0.000000378. The van der Waals surface area contributed by atoms with Crippen LogP contribution in [0.5, 0.6) is 0 Å². The zero-order valence-electron chi connectivity index (χ0n) is 29.4. The van der Waals surface area contributed by atoms with E-state index < -0.39 is 8.07 Å². The van der Waals surface area contributed by atoms with Crippen LogP contribution in [-0.4, -0.2) is 23.9 Å². The number of aliphatic hydroxyl groups is 1. The number of fused-ring (bicyclic) bond motifs is 2. The number of carbonyl (C=O) groups excluding carboxylic acids is 1. The Morgan fingerprint density at radius 2 is 1.58 bits per heavy atom. The van der Waals surface area contributed by atoms with Gasteiger partial charge in [0.2, 0.25) is 0 Å². The molecule has 0 saturated carbocycles. The summed E-state index contributed by atoms with van der Waals surface area (Å²) in [7, 11) is -1.18. The van der Waals surface area contributed by atoms with Gasteiger partial charge in [0.05, 0.1) is 5.76 Å². The first-order valence-electron chi connectivity index (χ1n) is 16.4. The van der Waals surface area contributed by atoms with Crippen molar-refractivity contribution in [2.45, 2.75) is 112 Å². The van der Waals surface area contributed by atoms with Gasteiger partial charge < -0.3 is 5.11 Å². The standard InChI is InChI=1S/C26H30NSSi.C13H24O2.Ir/c1-17-20-12-13-27-24(25(20)28-23(17)16-29(5,6)7)19-14-18-10-8-9-11-21(18)22(15-19)26(2,3)4;1-5-10(6-2)12(14)9-13(15)11(7-3)8-4;/h8-13,15H,16H2,1-7H3;9-11,14H,5-8H2,1-4H3;/q-1;;/b;12-9-;. The van der Waals surface area contributed by atoms with Crippen molar-refractivity contribution < 1.29 is 30.0 Å². The molecule has 0 amide bonds. The molecule has 1 radical (unpaired) electrons. The number of ketones is 1. The molecule has 2 aromatic heterocycles.